The Hall–Kier alpha value is -1.59. The van der Waals surface area contributed by atoms with Crippen molar-refractivity contribution in [1.29, 1.82) is 0 Å². The van der Waals surface area contributed by atoms with Gasteiger partial charge in [-0.15, -0.1) is 0 Å². The van der Waals surface area contributed by atoms with Crippen LogP contribution in [0.2, 0.25) is 0 Å². The lowest BCUT2D eigenvalue weighted by molar-refractivity contribution is -0.124. The molecule has 1 N–H and O–H groups in total. The van der Waals surface area contributed by atoms with Crippen molar-refractivity contribution < 1.29 is 13.9 Å². The van der Waals surface area contributed by atoms with E-state index in [-0.39, 0.29) is 12.5 Å². The van der Waals surface area contributed by atoms with E-state index in [0.717, 1.165) is 17.1 Å². The molecule has 0 saturated carbocycles. The minimum atomic E-state index is -0.152. The van der Waals surface area contributed by atoms with E-state index < -0.39 is 0 Å². The largest absolute Gasteiger partial charge is 0.459 e. The van der Waals surface area contributed by atoms with Crippen molar-refractivity contribution >= 4 is 17.2 Å². The molecule has 0 unspecified atom stereocenters. The van der Waals surface area contributed by atoms with E-state index in [0.29, 0.717) is 6.54 Å². The van der Waals surface area contributed by atoms with E-state index in [2.05, 4.69) is 5.32 Å². The molecule has 2 aromatic heterocycles. The third-order valence-electron chi connectivity index (χ3n) is 2.20. The molecule has 0 bridgehead atoms. The molecule has 2 heterocycles. The van der Waals surface area contributed by atoms with E-state index in [9.17, 15) is 4.79 Å². The molecule has 0 aromatic carbocycles. The fourth-order valence-corrected chi connectivity index (χ4v) is 2.05. The quantitative estimate of drug-likeness (QED) is 0.887. The number of ether oxygens (including phenoxy) is 1. The highest BCUT2D eigenvalue weighted by Crippen LogP contribution is 2.24. The van der Waals surface area contributed by atoms with Crippen molar-refractivity contribution in [3.05, 3.63) is 34.7 Å². The summed E-state index contributed by atoms with van der Waals surface area (Å²) in [5, 5.41) is 6.72. The first-order valence-corrected chi connectivity index (χ1v) is 6.11. The first-order chi connectivity index (χ1) is 8.29. The Labute approximate surface area is 103 Å². The van der Waals surface area contributed by atoms with Crippen LogP contribution in [0.4, 0.5) is 0 Å². The SMILES string of the molecule is COCC(=O)NCc1ccc(-c2ccsc2)o1. The summed E-state index contributed by atoms with van der Waals surface area (Å²) < 4.78 is 10.3. The van der Waals surface area contributed by atoms with Crippen molar-refractivity contribution in [1.82, 2.24) is 5.32 Å². The van der Waals surface area contributed by atoms with Crippen LogP contribution in [0.25, 0.3) is 11.3 Å². The number of carbonyl (C=O) groups is 1. The number of methoxy groups -OCH3 is 1. The van der Waals surface area contributed by atoms with Crippen LogP contribution in [0.3, 0.4) is 0 Å². The van der Waals surface area contributed by atoms with E-state index in [1.165, 1.54) is 7.11 Å². The zero-order chi connectivity index (χ0) is 12.1. The maximum absolute atomic E-state index is 11.2. The second-order valence-corrected chi connectivity index (χ2v) is 4.27. The van der Waals surface area contributed by atoms with Gasteiger partial charge in [0.2, 0.25) is 5.91 Å². The predicted octanol–water partition coefficient (Wildman–Crippen LogP) is 2.27. The summed E-state index contributed by atoms with van der Waals surface area (Å²) in [5.74, 6) is 1.40. The van der Waals surface area contributed by atoms with Crippen LogP contribution in [-0.2, 0) is 16.1 Å². The minimum Gasteiger partial charge on any atom is -0.459 e. The van der Waals surface area contributed by atoms with Gasteiger partial charge in [0.25, 0.3) is 0 Å². The number of amides is 1. The minimum absolute atomic E-state index is 0.0676. The molecule has 0 fully saturated rings. The summed E-state index contributed by atoms with van der Waals surface area (Å²) in [5.41, 5.74) is 1.06. The molecule has 2 aromatic rings. The van der Waals surface area contributed by atoms with Crippen LogP contribution in [0.1, 0.15) is 5.76 Å². The molecule has 2 rings (SSSR count). The van der Waals surface area contributed by atoms with Crippen molar-refractivity contribution in [3.8, 4) is 11.3 Å². The molecule has 0 spiro atoms. The van der Waals surface area contributed by atoms with Crippen molar-refractivity contribution in [2.24, 2.45) is 0 Å². The number of rotatable bonds is 5. The Balaban J connectivity index is 1.93. The Bertz CT molecular complexity index is 476. The highest BCUT2D eigenvalue weighted by Gasteiger charge is 2.06. The third kappa shape index (κ3) is 3.18. The van der Waals surface area contributed by atoms with Gasteiger partial charge in [-0.3, -0.25) is 4.79 Å². The van der Waals surface area contributed by atoms with Gasteiger partial charge in [0.05, 0.1) is 6.54 Å². The van der Waals surface area contributed by atoms with Gasteiger partial charge < -0.3 is 14.5 Å². The number of thiophene rings is 1. The number of hydrogen-bond donors (Lipinski definition) is 1. The summed E-state index contributed by atoms with van der Waals surface area (Å²) in [6.07, 6.45) is 0. The van der Waals surface area contributed by atoms with Crippen LogP contribution >= 0.6 is 11.3 Å². The molecular weight excluding hydrogens is 238 g/mol. The molecule has 4 nitrogen and oxygen atoms in total. The fraction of sp³-hybridized carbons (Fsp3) is 0.250. The van der Waals surface area contributed by atoms with Gasteiger partial charge in [0, 0.05) is 18.1 Å². The summed E-state index contributed by atoms with van der Waals surface area (Å²) in [6.45, 7) is 0.449. The van der Waals surface area contributed by atoms with E-state index >= 15 is 0 Å². The van der Waals surface area contributed by atoms with Gasteiger partial charge >= 0.3 is 0 Å². The standard InChI is InChI=1S/C12H13NO3S/c1-15-7-12(14)13-6-10-2-3-11(16-10)9-4-5-17-8-9/h2-5,8H,6-7H2,1H3,(H,13,14). The molecule has 0 radical (unpaired) electrons. The highest BCUT2D eigenvalue weighted by atomic mass is 32.1. The molecular formula is C12H13NO3S. The highest BCUT2D eigenvalue weighted by molar-refractivity contribution is 7.08. The monoisotopic (exact) mass is 251 g/mol. The Morgan fingerprint density at radius 1 is 1.47 bits per heavy atom. The Morgan fingerprint density at radius 2 is 2.35 bits per heavy atom. The van der Waals surface area contributed by atoms with E-state index in [4.69, 9.17) is 9.15 Å². The normalized spacial score (nSPS) is 10.4. The molecule has 5 heteroatoms. The van der Waals surface area contributed by atoms with Gasteiger partial charge in [0.15, 0.2) is 0 Å². The Kier molecular flexibility index (Phi) is 3.95. The Morgan fingerprint density at radius 3 is 3.06 bits per heavy atom. The lowest BCUT2D eigenvalue weighted by Gasteiger charge is -2.01. The van der Waals surface area contributed by atoms with Gasteiger partial charge in [-0.05, 0) is 23.6 Å². The van der Waals surface area contributed by atoms with Crippen molar-refractivity contribution in [2.75, 3.05) is 13.7 Å². The second-order valence-electron chi connectivity index (χ2n) is 3.49. The smallest absolute Gasteiger partial charge is 0.246 e. The summed E-state index contributed by atoms with van der Waals surface area (Å²) in [4.78, 5) is 11.2. The summed E-state index contributed by atoms with van der Waals surface area (Å²) >= 11 is 1.62. The van der Waals surface area contributed by atoms with Crippen LogP contribution in [0.15, 0.2) is 33.4 Å². The first kappa shape index (κ1) is 11.9. The lowest BCUT2D eigenvalue weighted by atomic mass is 10.3. The lowest BCUT2D eigenvalue weighted by Crippen LogP contribution is -2.26. The fourth-order valence-electron chi connectivity index (χ4n) is 1.40. The second kappa shape index (κ2) is 5.65. The van der Waals surface area contributed by atoms with Crippen molar-refractivity contribution in [2.45, 2.75) is 6.54 Å². The molecule has 90 valence electrons. The number of carbonyl (C=O) groups excluding carboxylic acids is 1. The van der Waals surface area contributed by atoms with Crippen LogP contribution < -0.4 is 5.32 Å². The van der Waals surface area contributed by atoms with Gasteiger partial charge in [-0.25, -0.2) is 0 Å². The number of hydrogen-bond acceptors (Lipinski definition) is 4. The van der Waals surface area contributed by atoms with Gasteiger partial charge in [0.1, 0.15) is 18.1 Å². The summed E-state index contributed by atoms with van der Waals surface area (Å²) in [6, 6.07) is 5.76. The molecule has 0 atom stereocenters. The zero-order valence-electron chi connectivity index (χ0n) is 9.43. The van der Waals surface area contributed by atoms with Gasteiger partial charge in [-0.2, -0.15) is 11.3 Å². The van der Waals surface area contributed by atoms with E-state index in [1.807, 2.05) is 29.0 Å². The predicted molar refractivity (Wildman–Crippen MR) is 65.7 cm³/mol. The van der Waals surface area contributed by atoms with Crippen LogP contribution in [-0.4, -0.2) is 19.6 Å². The topological polar surface area (TPSA) is 51.5 Å². The molecule has 0 aliphatic rings. The summed E-state index contributed by atoms with van der Waals surface area (Å²) in [7, 11) is 1.49. The maximum Gasteiger partial charge on any atom is 0.246 e. The zero-order valence-corrected chi connectivity index (χ0v) is 10.3. The first-order valence-electron chi connectivity index (χ1n) is 5.16. The molecule has 17 heavy (non-hydrogen) atoms. The average Bonchev–Trinajstić information content (AvgIpc) is 2.97. The van der Waals surface area contributed by atoms with Crippen LogP contribution in [0.5, 0.6) is 0 Å². The maximum atomic E-state index is 11.2. The molecule has 1 amide bonds. The van der Waals surface area contributed by atoms with Gasteiger partial charge in [-0.1, -0.05) is 0 Å². The molecule has 0 aliphatic heterocycles. The number of nitrogens with one attached hydrogen (secondary N) is 1. The van der Waals surface area contributed by atoms with E-state index in [1.54, 1.807) is 11.3 Å². The number of furan rings is 1. The molecule has 0 saturated heterocycles. The van der Waals surface area contributed by atoms with Crippen molar-refractivity contribution in [3.63, 3.8) is 0 Å². The average molecular weight is 251 g/mol. The third-order valence-corrected chi connectivity index (χ3v) is 2.89. The molecule has 0 aliphatic carbocycles. The van der Waals surface area contributed by atoms with Crippen LogP contribution in [0, 0.1) is 0 Å².